The van der Waals surface area contributed by atoms with Gasteiger partial charge in [-0.05, 0) is 18.9 Å². The Labute approximate surface area is 70.1 Å². The summed E-state index contributed by atoms with van der Waals surface area (Å²) in [4.78, 5) is 13.6. The highest BCUT2D eigenvalue weighted by Gasteiger charge is 1.98. The molecule has 60 valence electrons. The lowest BCUT2D eigenvalue weighted by Gasteiger charge is -1.99. The molecule has 0 unspecified atom stereocenters. The second kappa shape index (κ2) is 4.14. The maximum Gasteiger partial charge on any atom is 0.433 e. The molecule has 0 aromatic rings. The number of rotatable bonds is 2. The number of carbonyl (C=O) groups is 1. The van der Waals surface area contributed by atoms with E-state index in [0.717, 1.165) is 5.57 Å². The molecule has 12 heavy (non-hydrogen) atoms. The normalized spacial score (nSPS) is 12.5. The Kier molecular flexibility index (Phi) is 2.86. The number of allylic oxidation sites excluding steroid dienone is 2. The van der Waals surface area contributed by atoms with Crippen LogP contribution in [0.4, 0.5) is 4.79 Å². The van der Waals surface area contributed by atoms with E-state index in [9.17, 15) is 4.79 Å². The lowest BCUT2D eigenvalue weighted by molar-refractivity contribution is 0.168. The standard InChI is InChI=1S/C9H7NO2/c1-10-9(11)12-7-8-5-3-2-4-6-8/h2-3,5H,1,7H2. The predicted octanol–water partition coefficient (Wildman–Crippen LogP) is 1.63. The lowest BCUT2D eigenvalue weighted by Crippen LogP contribution is -2.01. The molecular formula is C9H7NO2. The summed E-state index contributed by atoms with van der Waals surface area (Å²) >= 11 is 0. The molecule has 0 aliphatic heterocycles. The third kappa shape index (κ3) is 2.43. The Balaban J connectivity index is 2.48. The van der Waals surface area contributed by atoms with Crippen LogP contribution >= 0.6 is 0 Å². The van der Waals surface area contributed by atoms with Gasteiger partial charge in [-0.3, -0.25) is 0 Å². The van der Waals surface area contributed by atoms with Gasteiger partial charge in [0.2, 0.25) is 0 Å². The van der Waals surface area contributed by atoms with E-state index in [-0.39, 0.29) is 6.61 Å². The summed E-state index contributed by atoms with van der Waals surface area (Å²) in [7, 11) is 0. The van der Waals surface area contributed by atoms with Crippen LogP contribution in [0.1, 0.15) is 0 Å². The molecule has 1 rings (SSSR count). The monoisotopic (exact) mass is 161 g/mol. The van der Waals surface area contributed by atoms with Crippen LogP contribution < -0.4 is 0 Å². The zero-order chi connectivity index (χ0) is 8.81. The molecule has 0 N–H and O–H groups in total. The SMILES string of the molecule is C=NC(=O)OCC1=C=C=CC=C1. The topological polar surface area (TPSA) is 38.7 Å². The first-order valence-electron chi connectivity index (χ1n) is 3.33. The number of nitrogens with zero attached hydrogens (tertiary/aromatic N) is 1. The summed E-state index contributed by atoms with van der Waals surface area (Å²) in [5, 5.41) is 0. The molecule has 0 radical (unpaired) electrons. The molecule has 3 heteroatoms. The molecule has 0 fully saturated rings. The van der Waals surface area contributed by atoms with Crippen LogP contribution in [0.25, 0.3) is 0 Å². The number of carbonyl (C=O) groups excluding carboxylic acids is 1. The summed E-state index contributed by atoms with van der Waals surface area (Å²) in [6, 6.07) is 0. The van der Waals surface area contributed by atoms with E-state index in [1.807, 2.05) is 0 Å². The van der Waals surface area contributed by atoms with Gasteiger partial charge in [0.25, 0.3) is 0 Å². The zero-order valence-corrected chi connectivity index (χ0v) is 6.41. The van der Waals surface area contributed by atoms with E-state index in [0.29, 0.717) is 0 Å². The lowest BCUT2D eigenvalue weighted by atomic mass is 10.2. The van der Waals surface area contributed by atoms with Crippen molar-refractivity contribution in [2.75, 3.05) is 6.61 Å². The molecular weight excluding hydrogens is 154 g/mol. The van der Waals surface area contributed by atoms with Gasteiger partial charge in [0.15, 0.2) is 0 Å². The van der Waals surface area contributed by atoms with Gasteiger partial charge in [0.1, 0.15) is 6.61 Å². The fourth-order valence-corrected chi connectivity index (χ4v) is 0.658. The van der Waals surface area contributed by atoms with E-state index in [2.05, 4.69) is 27.9 Å². The zero-order valence-electron chi connectivity index (χ0n) is 6.41. The highest BCUT2D eigenvalue weighted by atomic mass is 16.5. The van der Waals surface area contributed by atoms with Crippen LogP contribution in [0.2, 0.25) is 0 Å². The average molecular weight is 161 g/mol. The molecule has 3 nitrogen and oxygen atoms in total. The third-order valence-electron chi connectivity index (χ3n) is 1.19. The van der Waals surface area contributed by atoms with Gasteiger partial charge in [-0.25, -0.2) is 4.79 Å². The van der Waals surface area contributed by atoms with Gasteiger partial charge in [0.05, 0.1) is 0 Å². The highest BCUT2D eigenvalue weighted by molar-refractivity contribution is 5.73. The van der Waals surface area contributed by atoms with Gasteiger partial charge in [-0.1, -0.05) is 17.5 Å². The summed E-state index contributed by atoms with van der Waals surface area (Å²) in [5.74, 6) is 0. The first-order chi connectivity index (χ1) is 5.83. The minimum atomic E-state index is -0.674. The van der Waals surface area contributed by atoms with Crippen LogP contribution in [0.3, 0.4) is 0 Å². The van der Waals surface area contributed by atoms with Gasteiger partial charge in [-0.15, -0.1) is 0 Å². The van der Waals surface area contributed by atoms with Crippen molar-refractivity contribution in [2.24, 2.45) is 4.99 Å². The molecule has 0 saturated heterocycles. The van der Waals surface area contributed by atoms with Crippen LogP contribution in [-0.2, 0) is 4.74 Å². The van der Waals surface area contributed by atoms with Crippen LogP contribution in [0.5, 0.6) is 0 Å². The second-order valence-electron chi connectivity index (χ2n) is 2.03. The van der Waals surface area contributed by atoms with Gasteiger partial charge < -0.3 is 4.74 Å². The fourth-order valence-electron chi connectivity index (χ4n) is 0.658. The average Bonchev–Trinajstić information content (AvgIpc) is 2.16. The largest absolute Gasteiger partial charge is 0.442 e. The summed E-state index contributed by atoms with van der Waals surface area (Å²) in [6.45, 7) is 3.19. The number of aliphatic imine (C=N–C) groups is 1. The molecule has 1 amide bonds. The van der Waals surface area contributed by atoms with E-state index in [1.54, 1.807) is 18.2 Å². The molecule has 0 spiro atoms. The van der Waals surface area contributed by atoms with Crippen molar-refractivity contribution in [1.82, 2.24) is 0 Å². The predicted molar refractivity (Wildman–Crippen MR) is 45.1 cm³/mol. The number of amides is 1. The Bertz CT molecular complexity index is 326. The van der Waals surface area contributed by atoms with Crippen molar-refractivity contribution in [3.63, 3.8) is 0 Å². The Morgan fingerprint density at radius 2 is 2.58 bits per heavy atom. The van der Waals surface area contributed by atoms with Crippen molar-refractivity contribution in [3.8, 4) is 0 Å². The first-order valence-corrected chi connectivity index (χ1v) is 3.33. The second-order valence-corrected chi connectivity index (χ2v) is 2.03. The number of hydrogen-bond donors (Lipinski definition) is 0. The van der Waals surface area contributed by atoms with E-state index in [4.69, 9.17) is 0 Å². The molecule has 1 aliphatic rings. The molecule has 1 aliphatic carbocycles. The van der Waals surface area contributed by atoms with Crippen molar-refractivity contribution in [2.45, 2.75) is 0 Å². The van der Waals surface area contributed by atoms with Gasteiger partial charge >= 0.3 is 6.09 Å². The van der Waals surface area contributed by atoms with E-state index in [1.165, 1.54) is 0 Å². The molecule has 0 aromatic carbocycles. The molecule has 0 aromatic heterocycles. The Morgan fingerprint density at radius 3 is 3.17 bits per heavy atom. The number of hydrogen-bond acceptors (Lipinski definition) is 2. The fraction of sp³-hybridized carbons (Fsp3) is 0.111. The number of ether oxygens (including phenoxy) is 1. The molecule has 0 bridgehead atoms. The van der Waals surface area contributed by atoms with Crippen molar-refractivity contribution in [3.05, 3.63) is 35.3 Å². The maximum atomic E-state index is 10.5. The summed E-state index contributed by atoms with van der Waals surface area (Å²) < 4.78 is 4.66. The van der Waals surface area contributed by atoms with Gasteiger partial charge in [-0.2, -0.15) is 4.99 Å². The van der Waals surface area contributed by atoms with Crippen molar-refractivity contribution >= 4 is 12.8 Å². The van der Waals surface area contributed by atoms with Crippen LogP contribution in [0, 0.1) is 0 Å². The van der Waals surface area contributed by atoms with Crippen molar-refractivity contribution in [1.29, 1.82) is 0 Å². The molecule has 0 saturated carbocycles. The quantitative estimate of drug-likeness (QED) is 0.456. The maximum absolute atomic E-state index is 10.5. The smallest absolute Gasteiger partial charge is 0.433 e. The van der Waals surface area contributed by atoms with E-state index >= 15 is 0 Å². The first kappa shape index (κ1) is 8.28. The third-order valence-corrected chi connectivity index (χ3v) is 1.19. The van der Waals surface area contributed by atoms with Crippen LogP contribution in [-0.4, -0.2) is 19.4 Å². The minimum Gasteiger partial charge on any atom is -0.442 e. The Morgan fingerprint density at radius 1 is 1.75 bits per heavy atom. The van der Waals surface area contributed by atoms with E-state index < -0.39 is 6.09 Å². The minimum absolute atomic E-state index is 0.162. The molecule has 0 heterocycles. The summed E-state index contributed by atoms with van der Waals surface area (Å²) in [5.41, 5.74) is 6.28. The van der Waals surface area contributed by atoms with Gasteiger partial charge in [0, 0.05) is 5.57 Å². The van der Waals surface area contributed by atoms with Crippen molar-refractivity contribution < 1.29 is 9.53 Å². The summed E-state index contributed by atoms with van der Waals surface area (Å²) in [6.07, 6.45) is 4.62. The van der Waals surface area contributed by atoms with Crippen LogP contribution in [0.15, 0.2) is 40.3 Å². The Hall–Kier alpha value is -1.82. The molecule has 0 atom stereocenters. The highest BCUT2D eigenvalue weighted by Crippen LogP contribution is 1.99.